The number of benzene rings is 2. The van der Waals surface area contributed by atoms with Crippen LogP contribution in [-0.2, 0) is 17.8 Å². The molecule has 2 N–H and O–H groups in total. The lowest BCUT2D eigenvalue weighted by Gasteiger charge is -2.13. The Kier molecular flexibility index (Phi) is 6.03. The molecule has 0 aliphatic rings. The third kappa shape index (κ3) is 4.61. The number of aryl methyl sites for hydroxylation is 1. The maximum absolute atomic E-state index is 13.5. The molecule has 0 unspecified atom stereocenters. The second kappa shape index (κ2) is 9.05. The van der Waals surface area contributed by atoms with Crippen LogP contribution in [-0.4, -0.2) is 25.7 Å². The van der Waals surface area contributed by atoms with Crippen LogP contribution >= 0.6 is 12.2 Å². The van der Waals surface area contributed by atoms with Crippen molar-refractivity contribution in [3.05, 3.63) is 71.3 Å². The summed E-state index contributed by atoms with van der Waals surface area (Å²) in [6.07, 6.45) is 4.90. The van der Waals surface area contributed by atoms with Crippen LogP contribution in [0.4, 0.5) is 10.1 Å². The molecule has 2 heterocycles. The van der Waals surface area contributed by atoms with Crippen LogP contribution in [0.1, 0.15) is 19.2 Å². The molecule has 2 aromatic carbocycles. The molecule has 0 bridgehead atoms. The highest BCUT2D eigenvalue weighted by Crippen LogP contribution is 2.34. The van der Waals surface area contributed by atoms with Gasteiger partial charge >= 0.3 is 0 Å². The number of rotatable bonds is 7. The highest BCUT2D eigenvalue weighted by molar-refractivity contribution is 7.71. The van der Waals surface area contributed by atoms with Crippen molar-refractivity contribution >= 4 is 34.6 Å². The largest absolute Gasteiger partial charge is 0.457 e. The molecule has 0 radical (unpaired) electrons. The van der Waals surface area contributed by atoms with Crippen LogP contribution < -0.4 is 10.1 Å². The number of fused-ring (bicyclic) bond motifs is 1. The number of carbonyl (C=O) groups is 1. The minimum Gasteiger partial charge on any atom is -0.457 e. The quantitative estimate of drug-likeness (QED) is 0.397. The molecule has 4 rings (SSSR count). The van der Waals surface area contributed by atoms with Gasteiger partial charge in [0.2, 0.25) is 5.91 Å². The van der Waals surface area contributed by atoms with Crippen molar-refractivity contribution in [3.8, 4) is 11.5 Å². The number of nitrogens with zero attached hydrogens (tertiary/aromatic N) is 3. The van der Waals surface area contributed by atoms with Gasteiger partial charge in [-0.25, -0.2) is 4.39 Å². The smallest absolute Gasteiger partial charge is 0.244 e. The number of ether oxygens (including phenoxy) is 1. The second-order valence-corrected chi connectivity index (χ2v) is 7.31. The van der Waals surface area contributed by atoms with E-state index < -0.39 is 0 Å². The Labute approximate surface area is 182 Å². The molecule has 7 nitrogen and oxygen atoms in total. The summed E-state index contributed by atoms with van der Waals surface area (Å²) in [5.41, 5.74) is 0.590. The summed E-state index contributed by atoms with van der Waals surface area (Å²) >= 11 is 5.25. The monoisotopic (exact) mass is 437 g/mol. The average Bonchev–Trinajstić information content (AvgIpc) is 3.09. The SMILES string of the molecule is CCCc1n[nH]c(=S)n1CC(=O)Nc1ccc(Oc2cccc(F)c2)c2ccncc12. The van der Waals surface area contributed by atoms with Gasteiger partial charge in [0.1, 0.15) is 29.7 Å². The van der Waals surface area contributed by atoms with E-state index in [1.165, 1.54) is 12.1 Å². The zero-order valence-corrected chi connectivity index (χ0v) is 17.6. The number of aromatic nitrogens is 4. The lowest BCUT2D eigenvalue weighted by Crippen LogP contribution is -2.20. The summed E-state index contributed by atoms with van der Waals surface area (Å²) in [5.74, 6) is 1.04. The Morgan fingerprint density at radius 3 is 2.94 bits per heavy atom. The molecule has 31 heavy (non-hydrogen) atoms. The number of aromatic amines is 1. The minimum atomic E-state index is -0.382. The lowest BCUT2D eigenvalue weighted by molar-refractivity contribution is -0.116. The summed E-state index contributed by atoms with van der Waals surface area (Å²) in [7, 11) is 0. The number of H-pyrrole nitrogens is 1. The maximum atomic E-state index is 13.5. The third-order valence-corrected chi connectivity index (χ3v) is 5.00. The standard InChI is InChI=1S/C22H20FN5O2S/c1-2-4-20-26-27-22(31)28(20)13-21(29)25-18-7-8-19(16-9-10-24-12-17(16)18)30-15-6-3-5-14(23)11-15/h3,5-12H,2,4,13H2,1H3,(H,25,29)(H,27,31). The normalized spacial score (nSPS) is 10.9. The van der Waals surface area contributed by atoms with Crippen LogP contribution in [0.25, 0.3) is 10.8 Å². The summed E-state index contributed by atoms with van der Waals surface area (Å²) in [5, 5.41) is 11.3. The second-order valence-electron chi connectivity index (χ2n) is 6.92. The van der Waals surface area contributed by atoms with Crippen molar-refractivity contribution in [3.63, 3.8) is 0 Å². The zero-order valence-electron chi connectivity index (χ0n) is 16.8. The summed E-state index contributed by atoms with van der Waals surface area (Å²) in [4.78, 5) is 16.9. The molecule has 0 aliphatic heterocycles. The number of hydrogen-bond donors (Lipinski definition) is 2. The number of anilines is 1. The zero-order chi connectivity index (χ0) is 21.8. The fourth-order valence-corrected chi connectivity index (χ4v) is 3.49. The first-order chi connectivity index (χ1) is 15.0. The van der Waals surface area contributed by atoms with Crippen molar-refractivity contribution in [2.45, 2.75) is 26.3 Å². The molecule has 0 saturated heterocycles. The Morgan fingerprint density at radius 1 is 1.26 bits per heavy atom. The highest BCUT2D eigenvalue weighted by atomic mass is 32.1. The molecule has 0 aliphatic carbocycles. The van der Waals surface area contributed by atoms with Crippen LogP contribution in [0.15, 0.2) is 54.9 Å². The summed E-state index contributed by atoms with van der Waals surface area (Å²) < 4.78 is 21.5. The number of carbonyl (C=O) groups excluding carboxylic acids is 1. The van der Waals surface area contributed by atoms with E-state index in [2.05, 4.69) is 20.5 Å². The maximum Gasteiger partial charge on any atom is 0.244 e. The van der Waals surface area contributed by atoms with E-state index in [4.69, 9.17) is 17.0 Å². The van der Waals surface area contributed by atoms with Gasteiger partial charge in [-0.15, -0.1) is 0 Å². The van der Waals surface area contributed by atoms with Crippen molar-refractivity contribution in [1.29, 1.82) is 0 Å². The van der Waals surface area contributed by atoms with Gasteiger partial charge in [0.25, 0.3) is 0 Å². The van der Waals surface area contributed by atoms with E-state index >= 15 is 0 Å². The Hall–Kier alpha value is -3.59. The van der Waals surface area contributed by atoms with Gasteiger partial charge in [0, 0.05) is 35.7 Å². The fraction of sp³-hybridized carbons (Fsp3) is 0.182. The average molecular weight is 438 g/mol. The van der Waals surface area contributed by atoms with E-state index in [0.717, 1.165) is 24.1 Å². The van der Waals surface area contributed by atoms with Crippen LogP contribution in [0.2, 0.25) is 0 Å². The van der Waals surface area contributed by atoms with Crippen molar-refractivity contribution in [2.75, 3.05) is 5.32 Å². The molecular weight excluding hydrogens is 417 g/mol. The van der Waals surface area contributed by atoms with E-state index in [1.807, 2.05) is 6.92 Å². The topological polar surface area (TPSA) is 84.8 Å². The number of amides is 1. The van der Waals surface area contributed by atoms with E-state index in [1.54, 1.807) is 47.3 Å². The molecule has 9 heteroatoms. The molecule has 1 amide bonds. The molecule has 2 aromatic heterocycles. The number of nitrogens with one attached hydrogen (secondary N) is 2. The molecule has 0 spiro atoms. The van der Waals surface area contributed by atoms with E-state index in [0.29, 0.717) is 27.3 Å². The Bertz CT molecular complexity index is 1300. The number of hydrogen-bond acceptors (Lipinski definition) is 5. The highest BCUT2D eigenvalue weighted by Gasteiger charge is 2.14. The van der Waals surface area contributed by atoms with Crippen LogP contribution in [0.5, 0.6) is 11.5 Å². The minimum absolute atomic E-state index is 0.0496. The number of halogens is 1. The van der Waals surface area contributed by atoms with Crippen molar-refractivity contribution in [2.24, 2.45) is 0 Å². The molecule has 0 saturated carbocycles. The summed E-state index contributed by atoms with van der Waals surface area (Å²) in [6.45, 7) is 2.09. The third-order valence-electron chi connectivity index (χ3n) is 4.69. The summed E-state index contributed by atoms with van der Waals surface area (Å²) in [6, 6.07) is 11.2. The van der Waals surface area contributed by atoms with E-state index in [9.17, 15) is 9.18 Å². The van der Waals surface area contributed by atoms with Crippen molar-refractivity contribution < 1.29 is 13.9 Å². The molecular formula is C22H20FN5O2S. The first kappa shape index (κ1) is 20.7. The first-order valence-electron chi connectivity index (χ1n) is 9.79. The van der Waals surface area contributed by atoms with Crippen molar-refractivity contribution in [1.82, 2.24) is 19.7 Å². The predicted octanol–water partition coefficient (Wildman–Crippen LogP) is 5.01. The molecule has 0 atom stereocenters. The Balaban J connectivity index is 1.60. The van der Waals surface area contributed by atoms with Gasteiger partial charge in [0.05, 0.1) is 5.69 Å². The van der Waals surface area contributed by atoms with Gasteiger partial charge < -0.3 is 10.1 Å². The lowest BCUT2D eigenvalue weighted by atomic mass is 10.1. The van der Waals surface area contributed by atoms with Gasteiger partial charge in [0.15, 0.2) is 4.77 Å². The van der Waals surface area contributed by atoms with Gasteiger partial charge in [-0.3, -0.25) is 19.4 Å². The first-order valence-corrected chi connectivity index (χ1v) is 10.2. The van der Waals surface area contributed by atoms with Crippen LogP contribution in [0, 0.1) is 10.6 Å². The van der Waals surface area contributed by atoms with Gasteiger partial charge in [-0.1, -0.05) is 13.0 Å². The molecule has 158 valence electrons. The fourth-order valence-electron chi connectivity index (χ4n) is 3.28. The van der Waals surface area contributed by atoms with E-state index in [-0.39, 0.29) is 18.3 Å². The number of pyridine rings is 1. The molecule has 4 aromatic rings. The van der Waals surface area contributed by atoms with Crippen LogP contribution in [0.3, 0.4) is 0 Å². The van der Waals surface area contributed by atoms with Gasteiger partial charge in [-0.05, 0) is 49.0 Å². The Morgan fingerprint density at radius 2 is 2.13 bits per heavy atom. The molecule has 0 fully saturated rings. The predicted molar refractivity (Wildman–Crippen MR) is 118 cm³/mol. The van der Waals surface area contributed by atoms with Gasteiger partial charge in [-0.2, -0.15) is 5.10 Å².